The van der Waals surface area contributed by atoms with E-state index in [-0.39, 0.29) is 0 Å². The summed E-state index contributed by atoms with van der Waals surface area (Å²) in [5.74, 6) is 0. The van der Waals surface area contributed by atoms with Crippen LogP contribution in [0.4, 0.5) is 0 Å². The maximum atomic E-state index is 3.73. The van der Waals surface area contributed by atoms with Crippen LogP contribution in [0.3, 0.4) is 0 Å². The van der Waals surface area contributed by atoms with Crippen LogP contribution < -0.4 is 5.32 Å². The van der Waals surface area contributed by atoms with Crippen molar-refractivity contribution in [1.82, 2.24) is 10.2 Å². The first-order valence-corrected chi connectivity index (χ1v) is 8.74. The largest absolute Gasteiger partial charge is 0.310 e. The van der Waals surface area contributed by atoms with Crippen molar-refractivity contribution < 1.29 is 0 Å². The van der Waals surface area contributed by atoms with Crippen molar-refractivity contribution in [3.8, 4) is 0 Å². The first-order valence-electron chi connectivity index (χ1n) is 8.74. The van der Waals surface area contributed by atoms with Crippen LogP contribution in [0.25, 0.3) is 0 Å². The van der Waals surface area contributed by atoms with Crippen molar-refractivity contribution in [1.29, 1.82) is 0 Å². The monoisotopic (exact) mass is 288 g/mol. The Balaban J connectivity index is 1.94. The lowest BCUT2D eigenvalue weighted by Gasteiger charge is -2.34. The summed E-state index contributed by atoms with van der Waals surface area (Å²) >= 11 is 0. The Morgan fingerprint density at radius 3 is 2.67 bits per heavy atom. The van der Waals surface area contributed by atoms with Gasteiger partial charge in [-0.1, -0.05) is 43.2 Å². The highest BCUT2D eigenvalue weighted by Gasteiger charge is 2.19. The molecule has 1 heterocycles. The van der Waals surface area contributed by atoms with Gasteiger partial charge in [-0.05, 0) is 58.2 Å². The van der Waals surface area contributed by atoms with E-state index in [0.29, 0.717) is 6.04 Å². The molecule has 1 saturated heterocycles. The van der Waals surface area contributed by atoms with Crippen LogP contribution >= 0.6 is 0 Å². The van der Waals surface area contributed by atoms with Gasteiger partial charge in [0.1, 0.15) is 0 Å². The molecule has 1 aliphatic rings. The van der Waals surface area contributed by atoms with Gasteiger partial charge >= 0.3 is 0 Å². The van der Waals surface area contributed by atoms with Crippen LogP contribution in [-0.2, 0) is 0 Å². The molecule has 1 aromatic rings. The number of hydrogen-bond acceptors (Lipinski definition) is 2. The molecule has 0 radical (unpaired) electrons. The minimum Gasteiger partial charge on any atom is -0.310 e. The molecule has 0 aromatic heterocycles. The molecule has 21 heavy (non-hydrogen) atoms. The predicted molar refractivity (Wildman–Crippen MR) is 91.7 cm³/mol. The van der Waals surface area contributed by atoms with E-state index in [1.54, 1.807) is 0 Å². The average Bonchev–Trinajstić information content (AvgIpc) is 2.50. The van der Waals surface area contributed by atoms with Crippen molar-refractivity contribution in [2.75, 3.05) is 19.6 Å². The quantitative estimate of drug-likeness (QED) is 0.804. The van der Waals surface area contributed by atoms with Crippen LogP contribution in [0.5, 0.6) is 0 Å². The maximum absolute atomic E-state index is 3.73. The zero-order chi connectivity index (χ0) is 15.1. The third-order valence-electron chi connectivity index (χ3n) is 4.77. The number of rotatable bonds is 7. The molecule has 2 atom stereocenters. The van der Waals surface area contributed by atoms with Crippen LogP contribution in [0.1, 0.15) is 63.1 Å². The fourth-order valence-electron chi connectivity index (χ4n) is 3.29. The summed E-state index contributed by atoms with van der Waals surface area (Å²) in [5, 5.41) is 3.73. The number of aryl methyl sites for hydroxylation is 1. The Morgan fingerprint density at radius 1 is 1.24 bits per heavy atom. The molecule has 0 saturated carbocycles. The zero-order valence-corrected chi connectivity index (χ0v) is 14.1. The molecule has 0 bridgehead atoms. The molecule has 2 unspecified atom stereocenters. The molecule has 1 aromatic carbocycles. The van der Waals surface area contributed by atoms with Crippen LogP contribution in [0.15, 0.2) is 24.3 Å². The molecule has 1 N–H and O–H groups in total. The molecule has 1 aliphatic heterocycles. The van der Waals surface area contributed by atoms with Gasteiger partial charge in [0.2, 0.25) is 0 Å². The Hall–Kier alpha value is -0.860. The summed E-state index contributed by atoms with van der Waals surface area (Å²) in [4.78, 5) is 2.68. The van der Waals surface area contributed by atoms with Gasteiger partial charge in [0, 0.05) is 18.6 Å². The molecule has 118 valence electrons. The summed E-state index contributed by atoms with van der Waals surface area (Å²) in [6.45, 7) is 10.4. The molecule has 0 amide bonds. The third-order valence-corrected chi connectivity index (χ3v) is 4.77. The van der Waals surface area contributed by atoms with E-state index >= 15 is 0 Å². The van der Waals surface area contributed by atoms with E-state index in [1.165, 1.54) is 56.3 Å². The highest BCUT2D eigenvalue weighted by Crippen LogP contribution is 2.21. The van der Waals surface area contributed by atoms with Gasteiger partial charge in [-0.3, -0.25) is 0 Å². The molecule has 1 fully saturated rings. The fourth-order valence-corrected chi connectivity index (χ4v) is 3.29. The topological polar surface area (TPSA) is 15.3 Å². The van der Waals surface area contributed by atoms with Crippen molar-refractivity contribution in [2.45, 2.75) is 65.0 Å². The smallest absolute Gasteiger partial charge is 0.0332 e. The van der Waals surface area contributed by atoms with Gasteiger partial charge in [0.15, 0.2) is 0 Å². The van der Waals surface area contributed by atoms with Crippen LogP contribution in [0.2, 0.25) is 0 Å². The van der Waals surface area contributed by atoms with Crippen molar-refractivity contribution in [2.24, 2.45) is 0 Å². The maximum Gasteiger partial charge on any atom is 0.0332 e. The molecule has 0 aliphatic carbocycles. The lowest BCUT2D eigenvalue weighted by atomic mass is 9.99. The number of likely N-dealkylation sites (tertiary alicyclic amines) is 1. The van der Waals surface area contributed by atoms with Crippen LogP contribution in [0, 0.1) is 6.92 Å². The predicted octanol–water partition coefficient (Wildman–Crippen LogP) is 4.30. The number of nitrogens with one attached hydrogen (secondary N) is 1. The first kappa shape index (κ1) is 16.5. The van der Waals surface area contributed by atoms with E-state index in [1.807, 2.05) is 0 Å². The number of hydrogen-bond donors (Lipinski definition) is 1. The van der Waals surface area contributed by atoms with Gasteiger partial charge in [0.05, 0.1) is 0 Å². The molecule has 2 nitrogen and oxygen atoms in total. The van der Waals surface area contributed by atoms with Crippen LogP contribution in [-0.4, -0.2) is 30.6 Å². The van der Waals surface area contributed by atoms with Gasteiger partial charge in [-0.25, -0.2) is 0 Å². The minimum atomic E-state index is 0.500. The molecular weight excluding hydrogens is 256 g/mol. The Labute approximate surface area is 130 Å². The van der Waals surface area contributed by atoms with Gasteiger partial charge in [0.25, 0.3) is 0 Å². The van der Waals surface area contributed by atoms with E-state index in [2.05, 4.69) is 55.3 Å². The summed E-state index contributed by atoms with van der Waals surface area (Å²) in [7, 11) is 0. The Kier molecular flexibility index (Phi) is 6.72. The van der Waals surface area contributed by atoms with E-state index in [4.69, 9.17) is 0 Å². The second-order valence-electron chi connectivity index (χ2n) is 6.59. The summed E-state index contributed by atoms with van der Waals surface area (Å²) in [6, 6.07) is 10.3. The third kappa shape index (κ3) is 5.12. The lowest BCUT2D eigenvalue weighted by molar-refractivity contribution is 0.153. The lowest BCUT2D eigenvalue weighted by Crippen LogP contribution is -2.39. The van der Waals surface area contributed by atoms with Crippen molar-refractivity contribution in [3.63, 3.8) is 0 Å². The highest BCUT2D eigenvalue weighted by atomic mass is 15.2. The SMILES string of the molecule is CCCNC(CCN1CCCCC1C)c1ccc(C)cc1. The molecule has 0 spiro atoms. The molecular formula is C19H32N2. The standard InChI is InChI=1S/C19H32N2/c1-4-13-20-19(18-10-8-16(2)9-11-18)12-15-21-14-6-5-7-17(21)3/h8-11,17,19-20H,4-7,12-15H2,1-3H3. The van der Waals surface area contributed by atoms with Crippen molar-refractivity contribution in [3.05, 3.63) is 35.4 Å². The summed E-state index contributed by atoms with van der Waals surface area (Å²) in [5.41, 5.74) is 2.79. The zero-order valence-electron chi connectivity index (χ0n) is 14.1. The van der Waals surface area contributed by atoms with E-state index in [9.17, 15) is 0 Å². The van der Waals surface area contributed by atoms with Crippen molar-refractivity contribution >= 4 is 0 Å². The Morgan fingerprint density at radius 2 is 2.00 bits per heavy atom. The summed E-state index contributed by atoms with van der Waals surface area (Å²) in [6.07, 6.45) is 6.57. The Bertz CT molecular complexity index is 399. The fraction of sp³-hybridized carbons (Fsp3) is 0.684. The van der Waals surface area contributed by atoms with E-state index in [0.717, 1.165) is 12.6 Å². The minimum absolute atomic E-state index is 0.500. The van der Waals surface area contributed by atoms with Gasteiger partial charge < -0.3 is 10.2 Å². The van der Waals surface area contributed by atoms with Gasteiger partial charge in [-0.2, -0.15) is 0 Å². The number of nitrogens with zero attached hydrogens (tertiary/aromatic N) is 1. The number of benzene rings is 1. The second kappa shape index (κ2) is 8.55. The average molecular weight is 288 g/mol. The highest BCUT2D eigenvalue weighted by molar-refractivity contribution is 5.24. The first-order chi connectivity index (χ1) is 10.2. The second-order valence-corrected chi connectivity index (χ2v) is 6.59. The van der Waals surface area contributed by atoms with Gasteiger partial charge in [-0.15, -0.1) is 0 Å². The molecule has 2 heteroatoms. The number of piperidine rings is 1. The van der Waals surface area contributed by atoms with E-state index < -0.39 is 0 Å². The molecule has 2 rings (SSSR count). The summed E-state index contributed by atoms with van der Waals surface area (Å²) < 4.78 is 0. The normalized spacial score (nSPS) is 21.4.